The summed E-state index contributed by atoms with van der Waals surface area (Å²) in [4.78, 5) is 20.1. The highest BCUT2D eigenvalue weighted by Gasteiger charge is 2.32. The molecular weight excluding hydrogens is 346 g/mol. The van der Waals surface area contributed by atoms with Crippen molar-refractivity contribution >= 4 is 11.7 Å². The highest BCUT2D eigenvalue weighted by atomic mass is 16.2. The second kappa shape index (κ2) is 8.53. The van der Waals surface area contributed by atoms with Crippen LogP contribution in [-0.2, 0) is 11.3 Å². The van der Waals surface area contributed by atoms with Gasteiger partial charge in [-0.1, -0.05) is 91.0 Å². The molecule has 0 bridgehead atoms. The van der Waals surface area contributed by atoms with E-state index >= 15 is 0 Å². The summed E-state index contributed by atoms with van der Waals surface area (Å²) >= 11 is 0. The average Bonchev–Trinajstić information content (AvgIpc) is 3.24. The molecule has 0 aliphatic carbocycles. The Kier molecular flexibility index (Phi) is 5.48. The first-order chi connectivity index (χ1) is 13.8. The van der Waals surface area contributed by atoms with Gasteiger partial charge in [0.15, 0.2) is 0 Å². The second-order valence-electron chi connectivity index (χ2n) is 6.78. The van der Waals surface area contributed by atoms with Crippen LogP contribution in [0.2, 0.25) is 0 Å². The summed E-state index contributed by atoms with van der Waals surface area (Å²) in [5.74, 6) is 0.866. The molecule has 4 rings (SSSR count). The summed E-state index contributed by atoms with van der Waals surface area (Å²) in [5, 5.41) is 3.11. The van der Waals surface area contributed by atoms with E-state index in [1.807, 2.05) is 91.0 Å². The maximum absolute atomic E-state index is 13.3. The van der Waals surface area contributed by atoms with Gasteiger partial charge in [0.05, 0.1) is 6.54 Å². The Morgan fingerprint density at radius 3 is 2.18 bits per heavy atom. The van der Waals surface area contributed by atoms with Gasteiger partial charge in [-0.2, -0.15) is 0 Å². The Bertz CT molecular complexity index is 939. The fourth-order valence-corrected chi connectivity index (χ4v) is 3.55. The van der Waals surface area contributed by atoms with Gasteiger partial charge in [-0.05, 0) is 11.1 Å². The first-order valence-electron chi connectivity index (χ1n) is 9.56. The van der Waals surface area contributed by atoms with E-state index in [1.54, 1.807) is 0 Å². The van der Waals surface area contributed by atoms with Gasteiger partial charge < -0.3 is 10.2 Å². The van der Waals surface area contributed by atoms with Crippen LogP contribution < -0.4 is 5.32 Å². The Morgan fingerprint density at radius 2 is 1.50 bits per heavy atom. The van der Waals surface area contributed by atoms with Crippen LogP contribution in [-0.4, -0.2) is 29.7 Å². The smallest absolute Gasteiger partial charge is 0.247 e. The zero-order valence-electron chi connectivity index (χ0n) is 15.7. The molecule has 3 aromatic carbocycles. The molecule has 0 aromatic heterocycles. The lowest BCUT2D eigenvalue weighted by atomic mass is 10.0. The lowest BCUT2D eigenvalue weighted by Gasteiger charge is -2.30. The van der Waals surface area contributed by atoms with E-state index in [1.165, 1.54) is 0 Å². The predicted octanol–water partition coefficient (Wildman–Crippen LogP) is 3.81. The number of rotatable bonds is 6. The van der Waals surface area contributed by atoms with Crippen LogP contribution in [0, 0.1) is 0 Å². The highest BCUT2D eigenvalue weighted by molar-refractivity contribution is 6.02. The van der Waals surface area contributed by atoms with Crippen molar-refractivity contribution in [3.05, 3.63) is 108 Å². The van der Waals surface area contributed by atoms with Gasteiger partial charge >= 0.3 is 0 Å². The van der Waals surface area contributed by atoms with Crippen LogP contribution in [0.1, 0.15) is 22.7 Å². The van der Waals surface area contributed by atoms with E-state index in [2.05, 4.69) is 10.2 Å². The Hall–Kier alpha value is -3.40. The fraction of sp³-hybridized carbons (Fsp3) is 0.167. The van der Waals surface area contributed by atoms with Crippen molar-refractivity contribution < 1.29 is 4.79 Å². The molecule has 1 amide bonds. The molecule has 0 saturated carbocycles. The molecule has 1 unspecified atom stereocenters. The van der Waals surface area contributed by atoms with Crippen LogP contribution in [0.5, 0.6) is 0 Å². The van der Waals surface area contributed by atoms with Gasteiger partial charge in [0.25, 0.3) is 0 Å². The number of hydrogen-bond donors (Lipinski definition) is 1. The molecule has 0 spiro atoms. The highest BCUT2D eigenvalue weighted by Crippen LogP contribution is 2.26. The van der Waals surface area contributed by atoms with E-state index in [9.17, 15) is 4.79 Å². The van der Waals surface area contributed by atoms with E-state index < -0.39 is 6.04 Å². The summed E-state index contributed by atoms with van der Waals surface area (Å²) in [7, 11) is 0. The SMILES string of the molecule is O=C(NCc1ccccc1)C(c1ccccc1)N1CCN=C1c1ccccc1. The molecule has 1 aliphatic heterocycles. The van der Waals surface area contributed by atoms with Crippen molar-refractivity contribution in [1.82, 2.24) is 10.2 Å². The third-order valence-electron chi connectivity index (χ3n) is 4.89. The zero-order chi connectivity index (χ0) is 19.2. The summed E-state index contributed by atoms with van der Waals surface area (Å²) < 4.78 is 0. The van der Waals surface area contributed by atoms with Gasteiger partial charge in [0.1, 0.15) is 11.9 Å². The summed E-state index contributed by atoms with van der Waals surface area (Å²) in [6.07, 6.45) is 0. The first-order valence-corrected chi connectivity index (χ1v) is 9.56. The van der Waals surface area contributed by atoms with Crippen molar-refractivity contribution in [1.29, 1.82) is 0 Å². The monoisotopic (exact) mass is 369 g/mol. The number of amidine groups is 1. The molecule has 0 radical (unpaired) electrons. The number of aliphatic imine (C=N–C) groups is 1. The lowest BCUT2D eigenvalue weighted by Crippen LogP contribution is -2.42. The van der Waals surface area contributed by atoms with E-state index in [-0.39, 0.29) is 5.91 Å². The van der Waals surface area contributed by atoms with Crippen molar-refractivity contribution in [2.24, 2.45) is 4.99 Å². The van der Waals surface area contributed by atoms with Gasteiger partial charge in [0, 0.05) is 18.7 Å². The van der Waals surface area contributed by atoms with Crippen molar-refractivity contribution in [3.63, 3.8) is 0 Å². The number of nitrogens with zero attached hydrogens (tertiary/aromatic N) is 2. The molecule has 0 saturated heterocycles. The maximum Gasteiger partial charge on any atom is 0.247 e. The van der Waals surface area contributed by atoms with Crippen LogP contribution >= 0.6 is 0 Å². The van der Waals surface area contributed by atoms with Gasteiger partial charge in [-0.25, -0.2) is 0 Å². The largest absolute Gasteiger partial charge is 0.350 e. The fourth-order valence-electron chi connectivity index (χ4n) is 3.55. The van der Waals surface area contributed by atoms with Crippen molar-refractivity contribution in [2.45, 2.75) is 12.6 Å². The van der Waals surface area contributed by atoms with Crippen LogP contribution in [0.15, 0.2) is 96.0 Å². The third-order valence-corrected chi connectivity index (χ3v) is 4.89. The number of carbonyl (C=O) groups is 1. The molecule has 140 valence electrons. The molecule has 1 atom stereocenters. The topological polar surface area (TPSA) is 44.7 Å². The minimum atomic E-state index is -0.411. The van der Waals surface area contributed by atoms with Gasteiger partial charge in [0.2, 0.25) is 5.91 Å². The molecule has 28 heavy (non-hydrogen) atoms. The Balaban J connectivity index is 1.61. The Labute approximate surface area is 165 Å². The standard InChI is InChI=1S/C24H23N3O/c28-24(26-18-19-10-4-1-5-11-19)22(20-12-6-2-7-13-20)27-17-16-25-23(27)21-14-8-3-9-15-21/h1-15,22H,16-18H2,(H,26,28). The molecular formula is C24H23N3O. The molecule has 1 N–H and O–H groups in total. The first kappa shape index (κ1) is 18.0. The number of amides is 1. The minimum absolute atomic E-state index is 0.0133. The average molecular weight is 369 g/mol. The Morgan fingerprint density at radius 1 is 0.893 bits per heavy atom. The number of nitrogens with one attached hydrogen (secondary N) is 1. The van der Waals surface area contributed by atoms with Gasteiger partial charge in [-0.3, -0.25) is 9.79 Å². The quantitative estimate of drug-likeness (QED) is 0.718. The summed E-state index contributed by atoms with van der Waals surface area (Å²) in [6.45, 7) is 1.93. The summed E-state index contributed by atoms with van der Waals surface area (Å²) in [6, 6.07) is 29.6. The number of carbonyl (C=O) groups excluding carboxylic acids is 1. The van der Waals surface area contributed by atoms with Crippen LogP contribution in [0.3, 0.4) is 0 Å². The summed E-state index contributed by atoms with van der Waals surface area (Å²) in [5.41, 5.74) is 3.09. The van der Waals surface area contributed by atoms with Crippen molar-refractivity contribution in [3.8, 4) is 0 Å². The molecule has 4 heteroatoms. The van der Waals surface area contributed by atoms with Gasteiger partial charge in [-0.15, -0.1) is 0 Å². The van der Waals surface area contributed by atoms with E-state index in [0.717, 1.165) is 29.1 Å². The molecule has 1 heterocycles. The molecule has 1 aliphatic rings. The van der Waals surface area contributed by atoms with E-state index in [0.29, 0.717) is 13.1 Å². The van der Waals surface area contributed by atoms with Crippen LogP contribution in [0.4, 0.5) is 0 Å². The molecule has 4 nitrogen and oxygen atoms in total. The second-order valence-corrected chi connectivity index (χ2v) is 6.78. The van der Waals surface area contributed by atoms with E-state index in [4.69, 9.17) is 4.99 Å². The third kappa shape index (κ3) is 3.96. The predicted molar refractivity (Wildman–Crippen MR) is 112 cm³/mol. The molecule has 3 aromatic rings. The van der Waals surface area contributed by atoms with Crippen molar-refractivity contribution in [2.75, 3.05) is 13.1 Å². The lowest BCUT2D eigenvalue weighted by molar-refractivity contribution is -0.125. The normalized spacial score (nSPS) is 14.4. The zero-order valence-corrected chi connectivity index (χ0v) is 15.7. The minimum Gasteiger partial charge on any atom is -0.350 e. The molecule has 0 fully saturated rings. The van der Waals surface area contributed by atoms with Crippen LogP contribution in [0.25, 0.3) is 0 Å². The maximum atomic E-state index is 13.3. The number of hydrogen-bond acceptors (Lipinski definition) is 3. The number of benzene rings is 3.